The van der Waals surface area contributed by atoms with Gasteiger partial charge in [-0.1, -0.05) is 11.6 Å². The van der Waals surface area contributed by atoms with Gasteiger partial charge < -0.3 is 5.32 Å². The third kappa shape index (κ3) is 1.39. The van der Waals surface area contributed by atoms with Gasteiger partial charge in [-0.3, -0.25) is 0 Å². The van der Waals surface area contributed by atoms with Gasteiger partial charge in [-0.25, -0.2) is 0 Å². The van der Waals surface area contributed by atoms with Crippen molar-refractivity contribution in [1.82, 2.24) is 19.8 Å². The highest BCUT2D eigenvalue weighted by Gasteiger charge is 2.08. The van der Waals surface area contributed by atoms with Crippen molar-refractivity contribution in [2.75, 3.05) is 11.9 Å². The van der Waals surface area contributed by atoms with E-state index < -0.39 is 0 Å². The highest BCUT2D eigenvalue weighted by Crippen LogP contribution is 2.18. The number of aromatic nitrogens is 4. The molecule has 6 heteroatoms. The molecule has 0 aliphatic carbocycles. The van der Waals surface area contributed by atoms with Gasteiger partial charge in [0, 0.05) is 12.6 Å². The zero-order chi connectivity index (χ0) is 10.1. The van der Waals surface area contributed by atoms with Crippen molar-refractivity contribution in [3.8, 4) is 0 Å². The monoisotopic (exact) mass is 211 g/mol. The molecule has 0 radical (unpaired) electrons. The van der Waals surface area contributed by atoms with Crippen LogP contribution in [0.1, 0.15) is 12.7 Å². The smallest absolute Gasteiger partial charge is 0.201 e. The van der Waals surface area contributed by atoms with E-state index >= 15 is 0 Å². The lowest BCUT2D eigenvalue weighted by atomic mass is 10.4. The zero-order valence-electron chi connectivity index (χ0n) is 7.95. The van der Waals surface area contributed by atoms with Gasteiger partial charge in [0.1, 0.15) is 0 Å². The Balaban J connectivity index is 2.68. The van der Waals surface area contributed by atoms with Gasteiger partial charge in [-0.2, -0.15) is 9.61 Å². The number of aryl methyl sites for hydroxylation is 1. The van der Waals surface area contributed by atoms with Crippen LogP contribution in [0.2, 0.25) is 5.15 Å². The van der Waals surface area contributed by atoms with Gasteiger partial charge in [-0.15, -0.1) is 10.2 Å². The average molecular weight is 212 g/mol. The van der Waals surface area contributed by atoms with Crippen molar-refractivity contribution < 1.29 is 0 Å². The zero-order valence-corrected chi connectivity index (χ0v) is 8.71. The van der Waals surface area contributed by atoms with Crippen LogP contribution >= 0.6 is 11.6 Å². The van der Waals surface area contributed by atoms with Crippen molar-refractivity contribution >= 4 is 22.9 Å². The number of anilines is 1. The van der Waals surface area contributed by atoms with Gasteiger partial charge in [0.05, 0.1) is 5.69 Å². The molecule has 0 bridgehead atoms. The van der Waals surface area contributed by atoms with Gasteiger partial charge in [-0.05, 0) is 13.8 Å². The molecule has 1 N–H and O–H groups in total. The summed E-state index contributed by atoms with van der Waals surface area (Å²) in [7, 11) is 0. The highest BCUT2D eigenvalue weighted by molar-refractivity contribution is 6.29. The maximum absolute atomic E-state index is 5.86. The summed E-state index contributed by atoms with van der Waals surface area (Å²) in [6.45, 7) is 4.65. The third-order valence-corrected chi connectivity index (χ3v) is 2.05. The maximum Gasteiger partial charge on any atom is 0.201 e. The molecule has 0 aliphatic rings. The summed E-state index contributed by atoms with van der Waals surface area (Å²) in [5.74, 6) is 0.724. The first kappa shape index (κ1) is 9.21. The van der Waals surface area contributed by atoms with Crippen LogP contribution < -0.4 is 5.32 Å². The fraction of sp³-hybridized carbons (Fsp3) is 0.375. The Hall–Kier alpha value is -1.36. The number of rotatable bonds is 2. The van der Waals surface area contributed by atoms with E-state index in [-0.39, 0.29) is 0 Å². The van der Waals surface area contributed by atoms with Crippen molar-refractivity contribution in [3.63, 3.8) is 0 Å². The highest BCUT2D eigenvalue weighted by atomic mass is 35.5. The molecule has 74 valence electrons. The first-order chi connectivity index (χ1) is 6.72. The number of fused-ring (bicyclic) bond motifs is 1. The molecule has 5 nitrogen and oxygen atoms in total. The van der Waals surface area contributed by atoms with Crippen LogP contribution in [0.4, 0.5) is 5.69 Å². The molecule has 2 aromatic rings. The van der Waals surface area contributed by atoms with Gasteiger partial charge in [0.2, 0.25) is 5.65 Å². The van der Waals surface area contributed by atoms with Crippen molar-refractivity contribution in [1.29, 1.82) is 0 Å². The number of halogens is 1. The Morgan fingerprint density at radius 3 is 3.00 bits per heavy atom. The lowest BCUT2D eigenvalue weighted by Crippen LogP contribution is -2.02. The van der Waals surface area contributed by atoms with E-state index in [2.05, 4.69) is 20.6 Å². The first-order valence-corrected chi connectivity index (χ1v) is 4.72. The first-order valence-electron chi connectivity index (χ1n) is 4.35. The van der Waals surface area contributed by atoms with Crippen LogP contribution in [0, 0.1) is 6.92 Å². The second-order valence-electron chi connectivity index (χ2n) is 2.89. The summed E-state index contributed by atoms with van der Waals surface area (Å²) in [5, 5.41) is 15.6. The molecule has 0 spiro atoms. The maximum atomic E-state index is 5.86. The molecule has 14 heavy (non-hydrogen) atoms. The summed E-state index contributed by atoms with van der Waals surface area (Å²) in [5.41, 5.74) is 1.56. The Bertz CT molecular complexity index is 464. The van der Waals surface area contributed by atoms with Crippen LogP contribution in [0.25, 0.3) is 5.65 Å². The summed E-state index contributed by atoms with van der Waals surface area (Å²) < 4.78 is 1.63. The predicted octanol–water partition coefficient (Wildman–Crippen LogP) is 1.52. The molecule has 0 saturated carbocycles. The number of nitrogens with one attached hydrogen (secondary N) is 1. The van der Waals surface area contributed by atoms with Crippen molar-refractivity contribution in [3.05, 3.63) is 17.0 Å². The fourth-order valence-corrected chi connectivity index (χ4v) is 1.46. The number of hydrogen-bond acceptors (Lipinski definition) is 4. The van der Waals surface area contributed by atoms with E-state index in [4.69, 9.17) is 11.6 Å². The van der Waals surface area contributed by atoms with Gasteiger partial charge in [0.25, 0.3) is 0 Å². The lowest BCUT2D eigenvalue weighted by Gasteiger charge is -2.04. The SMILES string of the molecule is CCNc1cc(Cl)nn2c(C)nnc12. The van der Waals surface area contributed by atoms with Crippen molar-refractivity contribution in [2.24, 2.45) is 0 Å². The Morgan fingerprint density at radius 1 is 1.50 bits per heavy atom. The minimum absolute atomic E-state index is 0.427. The van der Waals surface area contributed by atoms with E-state index in [1.54, 1.807) is 10.6 Å². The normalized spacial score (nSPS) is 10.8. The minimum atomic E-state index is 0.427. The van der Waals surface area contributed by atoms with Crippen LogP contribution in [-0.2, 0) is 0 Å². The molecule has 0 aliphatic heterocycles. The molecule has 2 aromatic heterocycles. The number of hydrogen-bond donors (Lipinski definition) is 1. The van der Waals surface area contributed by atoms with Crippen molar-refractivity contribution in [2.45, 2.75) is 13.8 Å². The summed E-state index contributed by atoms with van der Waals surface area (Å²) in [6.07, 6.45) is 0. The van der Waals surface area contributed by atoms with E-state index in [9.17, 15) is 0 Å². The lowest BCUT2D eigenvalue weighted by molar-refractivity contribution is 0.875. The van der Waals surface area contributed by atoms with Gasteiger partial charge >= 0.3 is 0 Å². The molecular weight excluding hydrogens is 202 g/mol. The molecule has 0 saturated heterocycles. The molecule has 2 rings (SSSR count). The van der Waals surface area contributed by atoms with Crippen LogP contribution in [0.5, 0.6) is 0 Å². The van der Waals surface area contributed by atoms with E-state index in [1.165, 1.54) is 0 Å². The standard InChI is InChI=1S/C8H10ClN5/c1-3-10-6-4-7(9)13-14-5(2)11-12-8(6)14/h4,10H,3H2,1-2H3. The quantitative estimate of drug-likeness (QED) is 0.819. The van der Waals surface area contributed by atoms with E-state index in [1.807, 2.05) is 13.8 Å². The summed E-state index contributed by atoms with van der Waals surface area (Å²) in [6, 6.07) is 1.74. The average Bonchev–Trinajstić information content (AvgIpc) is 2.49. The largest absolute Gasteiger partial charge is 0.382 e. The van der Waals surface area contributed by atoms with Gasteiger partial charge in [0.15, 0.2) is 11.0 Å². The third-order valence-electron chi connectivity index (χ3n) is 1.86. The predicted molar refractivity (Wildman–Crippen MR) is 54.7 cm³/mol. The molecule has 0 unspecified atom stereocenters. The van der Waals surface area contributed by atoms with Crippen LogP contribution in [0.15, 0.2) is 6.07 Å². The Kier molecular flexibility index (Phi) is 2.25. The molecular formula is C8H10ClN5. The molecule has 0 atom stereocenters. The molecule has 0 aromatic carbocycles. The Morgan fingerprint density at radius 2 is 2.29 bits per heavy atom. The second kappa shape index (κ2) is 3.42. The second-order valence-corrected chi connectivity index (χ2v) is 3.28. The number of nitrogens with zero attached hydrogens (tertiary/aromatic N) is 4. The fourth-order valence-electron chi connectivity index (χ4n) is 1.27. The van der Waals surface area contributed by atoms with Crippen LogP contribution in [-0.4, -0.2) is 26.4 Å². The minimum Gasteiger partial charge on any atom is -0.382 e. The molecule has 0 amide bonds. The molecule has 0 fully saturated rings. The van der Waals surface area contributed by atoms with E-state index in [0.717, 1.165) is 18.1 Å². The van der Waals surface area contributed by atoms with E-state index in [0.29, 0.717) is 10.8 Å². The summed E-state index contributed by atoms with van der Waals surface area (Å²) in [4.78, 5) is 0. The topological polar surface area (TPSA) is 55.1 Å². The Labute approximate surface area is 86.1 Å². The molecule has 2 heterocycles. The van der Waals surface area contributed by atoms with Crippen LogP contribution in [0.3, 0.4) is 0 Å². The summed E-state index contributed by atoms with van der Waals surface area (Å²) >= 11 is 5.86.